The number of benzene rings is 2. The van der Waals surface area contributed by atoms with Gasteiger partial charge in [0.25, 0.3) is 0 Å². The number of halogens is 1. The molecular weight excluding hydrogens is 577 g/mol. The zero-order chi connectivity index (χ0) is 31.3. The lowest BCUT2D eigenvalue weighted by Crippen LogP contribution is -2.59. The molecule has 6 rings (SSSR count). The predicted octanol–water partition coefficient (Wildman–Crippen LogP) is 3.29. The highest BCUT2D eigenvalue weighted by atomic mass is 19.1. The molecule has 0 radical (unpaired) electrons. The van der Waals surface area contributed by atoms with Crippen LogP contribution < -0.4 is 15.0 Å². The Morgan fingerprint density at radius 3 is 2.62 bits per heavy atom. The van der Waals surface area contributed by atoms with E-state index in [0.717, 1.165) is 44.2 Å². The molecule has 0 spiro atoms. The van der Waals surface area contributed by atoms with Crippen LogP contribution in [0.15, 0.2) is 48.8 Å². The van der Waals surface area contributed by atoms with Crippen molar-refractivity contribution >= 4 is 23.2 Å². The Balaban J connectivity index is 1.08. The van der Waals surface area contributed by atoms with Gasteiger partial charge in [-0.25, -0.2) is 14.4 Å². The van der Waals surface area contributed by atoms with Crippen LogP contribution in [0.4, 0.5) is 21.7 Å². The number of hydrogen-bond acceptors (Lipinski definition) is 11. The molecule has 3 aliphatic rings. The van der Waals surface area contributed by atoms with Gasteiger partial charge in [0.05, 0.1) is 37.4 Å². The van der Waals surface area contributed by atoms with Crippen molar-refractivity contribution in [1.29, 1.82) is 10.5 Å². The van der Waals surface area contributed by atoms with E-state index in [1.54, 1.807) is 24.3 Å². The summed E-state index contributed by atoms with van der Waals surface area (Å²) in [5.41, 5.74) is 2.79. The van der Waals surface area contributed by atoms with Crippen molar-refractivity contribution in [2.45, 2.75) is 44.1 Å². The lowest BCUT2D eigenvalue weighted by Gasteiger charge is -2.46. The number of alkyl halides is 1. The van der Waals surface area contributed by atoms with Gasteiger partial charge < -0.3 is 24.6 Å². The highest BCUT2D eigenvalue weighted by Crippen LogP contribution is 2.29. The van der Waals surface area contributed by atoms with E-state index in [9.17, 15) is 14.4 Å². The second-order valence-electron chi connectivity index (χ2n) is 11.5. The van der Waals surface area contributed by atoms with E-state index in [-0.39, 0.29) is 37.2 Å². The van der Waals surface area contributed by atoms with Gasteiger partial charge in [0.15, 0.2) is 12.0 Å². The first-order chi connectivity index (χ1) is 21.9. The fraction of sp³-hybridized carbons (Fsp3) is 0.438. The molecule has 13 heteroatoms. The second-order valence-corrected chi connectivity index (χ2v) is 11.5. The van der Waals surface area contributed by atoms with Crippen molar-refractivity contribution in [1.82, 2.24) is 24.8 Å². The van der Waals surface area contributed by atoms with Gasteiger partial charge in [-0.2, -0.15) is 15.5 Å². The number of ether oxygens (including phenoxy) is 2. The van der Waals surface area contributed by atoms with Crippen LogP contribution in [0.1, 0.15) is 25.3 Å². The molecule has 1 amide bonds. The number of rotatable bonds is 8. The average molecular weight is 612 g/mol. The van der Waals surface area contributed by atoms with Crippen LogP contribution in [-0.4, -0.2) is 101 Å². The van der Waals surface area contributed by atoms with Crippen LogP contribution >= 0.6 is 0 Å². The minimum Gasteiger partial charge on any atom is -0.486 e. The van der Waals surface area contributed by atoms with Crippen molar-refractivity contribution in [2.75, 3.05) is 56.2 Å². The Morgan fingerprint density at radius 2 is 1.93 bits per heavy atom. The quantitative estimate of drug-likeness (QED) is 0.401. The first kappa shape index (κ1) is 30.2. The monoisotopic (exact) mass is 611 g/mol. The van der Waals surface area contributed by atoms with Gasteiger partial charge in [-0.3, -0.25) is 9.69 Å². The van der Waals surface area contributed by atoms with Crippen molar-refractivity contribution in [3.8, 4) is 29.3 Å². The fourth-order valence-electron chi connectivity index (χ4n) is 5.94. The number of carbonyl (C=O) groups excluding carboxylic acids is 1. The topological polar surface area (TPSA) is 144 Å². The second kappa shape index (κ2) is 13.4. The molecule has 2 aromatic carbocycles. The van der Waals surface area contributed by atoms with E-state index >= 15 is 0 Å². The third-order valence-corrected chi connectivity index (χ3v) is 8.52. The maximum absolute atomic E-state index is 14.8. The molecule has 3 aliphatic heterocycles. The lowest BCUT2D eigenvalue weighted by atomic mass is 10.0. The molecule has 45 heavy (non-hydrogen) atoms. The zero-order valence-electron chi connectivity index (χ0n) is 25.0. The van der Waals surface area contributed by atoms with E-state index in [0.29, 0.717) is 29.4 Å². The predicted molar refractivity (Wildman–Crippen MR) is 163 cm³/mol. The molecule has 3 saturated heterocycles. The van der Waals surface area contributed by atoms with Crippen LogP contribution in [0, 0.1) is 22.7 Å². The van der Waals surface area contributed by atoms with Gasteiger partial charge >= 0.3 is 0 Å². The molecule has 3 atom stereocenters. The number of anilines is 3. The Hall–Kier alpha value is -4.85. The Labute approximate surface area is 261 Å². The molecule has 12 nitrogen and oxygen atoms in total. The molecule has 0 aliphatic carbocycles. The highest BCUT2D eigenvalue weighted by molar-refractivity contribution is 5.78. The third-order valence-electron chi connectivity index (χ3n) is 8.52. The third kappa shape index (κ3) is 6.80. The zero-order valence-corrected chi connectivity index (χ0v) is 25.0. The first-order valence-corrected chi connectivity index (χ1v) is 15.1. The van der Waals surface area contributed by atoms with Gasteiger partial charge in [0.2, 0.25) is 11.9 Å². The van der Waals surface area contributed by atoms with Gasteiger partial charge in [0.1, 0.15) is 30.7 Å². The molecule has 4 heterocycles. The van der Waals surface area contributed by atoms with Crippen molar-refractivity contribution in [3.05, 3.63) is 54.4 Å². The Kier molecular flexibility index (Phi) is 9.01. The van der Waals surface area contributed by atoms with Crippen LogP contribution in [0.5, 0.6) is 5.75 Å². The summed E-state index contributed by atoms with van der Waals surface area (Å²) in [7, 11) is 0. The summed E-state index contributed by atoms with van der Waals surface area (Å²) in [6, 6.07) is 18.0. The van der Waals surface area contributed by atoms with Gasteiger partial charge in [-0.05, 0) is 49.4 Å². The number of piperidine rings is 1. The summed E-state index contributed by atoms with van der Waals surface area (Å²) >= 11 is 0. The maximum atomic E-state index is 14.8. The normalized spacial score (nSPS) is 22.2. The Morgan fingerprint density at radius 1 is 1.11 bits per heavy atom. The van der Waals surface area contributed by atoms with Crippen molar-refractivity contribution < 1.29 is 18.7 Å². The standard InChI is InChI=1S/C32H34FN9O3/c1-21-16-40(26-18-44-19-26)12-13-42(21)25-5-3-24(4-6-25)38-32-37-20-36-31(39-32)22-2-7-28(23(14-22)15-35)45-29-9-11-41(17-27(29)33)30(43)8-10-34/h2-7,14,20-21,26-27,29H,8-9,11-13,16-19H2,1H3,(H,36,37,38,39)/t21?,27-,29+/m1/s1. The SMILES string of the molecule is CC1CN(C2COC2)CCN1c1ccc(Nc2ncnc(-c3ccc(O[C@H]4CCN(C(=O)CC#N)C[C@H]4F)c(C#N)c3)n2)cc1. The van der Waals surface area contributed by atoms with E-state index in [2.05, 4.69) is 55.2 Å². The van der Waals surface area contributed by atoms with Gasteiger partial charge in [0, 0.05) is 55.6 Å². The smallest absolute Gasteiger partial charge is 0.236 e. The van der Waals surface area contributed by atoms with Crippen LogP contribution in [0.3, 0.4) is 0 Å². The fourth-order valence-corrected chi connectivity index (χ4v) is 5.94. The molecular formula is C32H34FN9O3. The molecule has 3 aromatic rings. The summed E-state index contributed by atoms with van der Waals surface area (Å²) < 4.78 is 26.1. The highest BCUT2D eigenvalue weighted by Gasteiger charge is 2.34. The minimum absolute atomic E-state index is 0.152. The molecule has 1 unspecified atom stereocenters. The van der Waals surface area contributed by atoms with Crippen LogP contribution in [0.25, 0.3) is 11.4 Å². The first-order valence-electron chi connectivity index (χ1n) is 15.1. The van der Waals surface area contributed by atoms with E-state index in [1.165, 1.54) is 11.2 Å². The number of likely N-dealkylation sites (tertiary alicyclic amines) is 1. The van der Waals surface area contributed by atoms with Crippen LogP contribution in [-0.2, 0) is 9.53 Å². The number of hydrogen-bond donors (Lipinski definition) is 1. The number of aromatic nitrogens is 3. The molecule has 232 valence electrons. The summed E-state index contributed by atoms with van der Waals surface area (Å²) in [4.78, 5) is 31.3. The Bertz CT molecular complexity index is 1600. The summed E-state index contributed by atoms with van der Waals surface area (Å²) in [5.74, 6) is 0.562. The number of piperazine rings is 1. The number of amides is 1. The summed E-state index contributed by atoms with van der Waals surface area (Å²) in [6.07, 6.45) is -0.893. The van der Waals surface area contributed by atoms with Crippen molar-refractivity contribution in [2.24, 2.45) is 0 Å². The van der Waals surface area contributed by atoms with E-state index in [4.69, 9.17) is 14.7 Å². The molecule has 0 bridgehead atoms. The maximum Gasteiger partial charge on any atom is 0.236 e. The lowest BCUT2D eigenvalue weighted by molar-refractivity contribution is -0.134. The summed E-state index contributed by atoms with van der Waals surface area (Å²) in [6.45, 7) is 7.06. The molecule has 1 aromatic heterocycles. The van der Waals surface area contributed by atoms with E-state index in [1.807, 2.05) is 12.1 Å². The van der Waals surface area contributed by atoms with E-state index < -0.39 is 18.2 Å². The van der Waals surface area contributed by atoms with Gasteiger partial charge in [-0.15, -0.1) is 0 Å². The molecule has 3 fully saturated rings. The molecule has 0 saturated carbocycles. The largest absolute Gasteiger partial charge is 0.486 e. The number of nitriles is 2. The number of nitrogens with one attached hydrogen (secondary N) is 1. The van der Waals surface area contributed by atoms with Crippen molar-refractivity contribution in [3.63, 3.8) is 0 Å². The van der Waals surface area contributed by atoms with Crippen LogP contribution in [0.2, 0.25) is 0 Å². The number of nitrogens with zero attached hydrogens (tertiary/aromatic N) is 8. The summed E-state index contributed by atoms with van der Waals surface area (Å²) in [5, 5.41) is 21.8. The minimum atomic E-state index is -1.44. The molecule has 1 N–H and O–H groups in total. The average Bonchev–Trinajstić information content (AvgIpc) is 3.02. The van der Waals surface area contributed by atoms with Gasteiger partial charge in [-0.1, -0.05) is 0 Å². The number of carbonyl (C=O) groups is 1.